The highest BCUT2D eigenvalue weighted by molar-refractivity contribution is 6.04. The van der Waals surface area contributed by atoms with E-state index in [0.29, 0.717) is 0 Å². The van der Waals surface area contributed by atoms with Crippen LogP contribution in [0.3, 0.4) is 0 Å². The number of fused-ring (bicyclic) bond motifs is 8. The zero-order valence-corrected chi connectivity index (χ0v) is 32.2. The van der Waals surface area contributed by atoms with Crippen LogP contribution in [0.2, 0.25) is 0 Å². The molecule has 6 aromatic heterocycles. The van der Waals surface area contributed by atoms with Gasteiger partial charge in [-0.2, -0.15) is 0 Å². The van der Waals surface area contributed by atoms with Gasteiger partial charge in [-0.15, -0.1) is 0 Å². The van der Waals surface area contributed by atoms with Crippen LogP contribution in [0.1, 0.15) is 0 Å². The molecule has 0 radical (unpaired) electrons. The third-order valence-electron chi connectivity index (χ3n) is 11.5. The van der Waals surface area contributed by atoms with Gasteiger partial charge in [0, 0.05) is 67.0 Å². The van der Waals surface area contributed by atoms with Crippen LogP contribution in [0, 0.1) is 0 Å². The van der Waals surface area contributed by atoms with Gasteiger partial charge in [-0.1, -0.05) is 115 Å². The Kier molecular flexibility index (Phi) is 7.74. The van der Waals surface area contributed by atoms with Gasteiger partial charge in [0.15, 0.2) is 0 Å². The highest BCUT2D eigenvalue weighted by atomic mass is 14.8. The van der Waals surface area contributed by atoms with Crippen molar-refractivity contribution in [3.05, 3.63) is 194 Å². The van der Waals surface area contributed by atoms with Gasteiger partial charge in [0.1, 0.15) is 0 Å². The quantitative estimate of drug-likeness (QED) is 0.162. The second-order valence-electron chi connectivity index (χ2n) is 15.2. The first kappa shape index (κ1) is 33.9. The maximum absolute atomic E-state index is 5.17. The maximum atomic E-state index is 5.17. The van der Waals surface area contributed by atoms with E-state index in [1.807, 2.05) is 24.5 Å². The van der Waals surface area contributed by atoms with Gasteiger partial charge in [-0.3, -0.25) is 9.97 Å². The molecule has 12 aromatic rings. The smallest absolute Gasteiger partial charge is 0.0972 e. The second kappa shape index (κ2) is 13.7. The van der Waals surface area contributed by atoms with Crippen molar-refractivity contribution in [2.45, 2.75) is 0 Å². The van der Waals surface area contributed by atoms with E-state index in [1.54, 1.807) is 0 Å². The monoisotopic (exact) mass is 764 g/mol. The van der Waals surface area contributed by atoms with E-state index >= 15 is 0 Å². The minimum Gasteiger partial charge on any atom is -0.254 e. The fourth-order valence-corrected chi connectivity index (χ4v) is 8.37. The summed E-state index contributed by atoms with van der Waals surface area (Å²) >= 11 is 0. The first-order valence-electron chi connectivity index (χ1n) is 20.0. The number of hydrogen-bond acceptors (Lipinski definition) is 6. The Balaban J connectivity index is 0.838. The first-order valence-corrected chi connectivity index (χ1v) is 20.0. The Morgan fingerprint density at radius 2 is 0.650 bits per heavy atom. The summed E-state index contributed by atoms with van der Waals surface area (Å²) in [6.07, 6.45) is 3.65. The molecule has 0 aliphatic rings. The number of rotatable bonds is 5. The normalized spacial score (nSPS) is 11.7. The van der Waals surface area contributed by atoms with E-state index < -0.39 is 0 Å². The van der Waals surface area contributed by atoms with Crippen molar-refractivity contribution >= 4 is 65.4 Å². The first-order chi connectivity index (χ1) is 29.7. The van der Waals surface area contributed by atoms with Crippen molar-refractivity contribution in [1.82, 2.24) is 29.9 Å². The highest BCUT2D eigenvalue weighted by Gasteiger charge is 2.12. The lowest BCUT2D eigenvalue weighted by Crippen LogP contribution is -1.91. The molecule has 0 saturated carbocycles. The summed E-state index contributed by atoms with van der Waals surface area (Å²) < 4.78 is 0. The molecular weight excluding hydrogens is 733 g/mol. The van der Waals surface area contributed by atoms with Crippen LogP contribution in [0.15, 0.2) is 194 Å². The van der Waals surface area contributed by atoms with Gasteiger partial charge < -0.3 is 0 Å². The SMILES string of the molecule is c1cc(-c2ccc3cc(-c4ccc5ccc(-c6cccc(-c7ccc8ccc9cccnc9c8n7)c6)nc5c4)ccc3n2)cc(-c2ccc3ccc4cccnc4c3n2)c1. The van der Waals surface area contributed by atoms with Crippen molar-refractivity contribution in [2.24, 2.45) is 0 Å². The molecule has 0 aliphatic carbocycles. The van der Waals surface area contributed by atoms with Crippen LogP contribution in [0.4, 0.5) is 0 Å². The zero-order valence-electron chi connectivity index (χ0n) is 32.2. The summed E-state index contributed by atoms with van der Waals surface area (Å²) in [6.45, 7) is 0. The largest absolute Gasteiger partial charge is 0.254 e. The summed E-state index contributed by atoms with van der Waals surface area (Å²) in [6, 6.07) is 63.3. The summed E-state index contributed by atoms with van der Waals surface area (Å²) in [5.74, 6) is 0. The van der Waals surface area contributed by atoms with E-state index in [4.69, 9.17) is 19.9 Å². The second-order valence-corrected chi connectivity index (χ2v) is 15.2. The molecule has 0 unspecified atom stereocenters. The molecule has 0 amide bonds. The molecule has 278 valence electrons. The minimum atomic E-state index is 0.905. The van der Waals surface area contributed by atoms with Crippen LogP contribution < -0.4 is 0 Å². The minimum absolute atomic E-state index is 0.905. The number of nitrogens with zero attached hydrogens (tertiary/aromatic N) is 6. The van der Waals surface area contributed by atoms with Gasteiger partial charge in [-0.05, 0) is 77.9 Å². The standard InChI is InChI=1S/C54H32N6/c1-5-40(30-42(7-1)48-23-18-36-14-12-34-9-3-27-55-51(34)53(36)59-48)45-26-21-44-29-38(20-25-47(44)57-45)39-16-11-33-17-22-46(58-50(33)32-39)41-6-2-8-43(31-41)49-24-19-37-15-13-35-10-4-28-56-52(35)54(37)60-49/h1-32H. The number of benzene rings is 6. The van der Waals surface area contributed by atoms with E-state index in [9.17, 15) is 0 Å². The zero-order chi connectivity index (χ0) is 39.6. The fourth-order valence-electron chi connectivity index (χ4n) is 8.37. The molecule has 0 fully saturated rings. The number of hydrogen-bond donors (Lipinski definition) is 0. The van der Waals surface area contributed by atoms with Gasteiger partial charge in [-0.25, -0.2) is 19.9 Å². The molecule has 0 atom stereocenters. The predicted octanol–water partition coefficient (Wildman–Crippen LogP) is 13.3. The molecular formula is C54H32N6. The Morgan fingerprint density at radius 3 is 1.22 bits per heavy atom. The molecule has 0 spiro atoms. The fraction of sp³-hybridized carbons (Fsp3) is 0. The van der Waals surface area contributed by atoms with Crippen LogP contribution in [0.5, 0.6) is 0 Å². The molecule has 6 nitrogen and oxygen atoms in total. The Bertz CT molecular complexity index is 3690. The van der Waals surface area contributed by atoms with E-state index in [-0.39, 0.29) is 0 Å². The molecule has 60 heavy (non-hydrogen) atoms. The van der Waals surface area contributed by atoms with E-state index in [2.05, 4.69) is 180 Å². The van der Waals surface area contributed by atoms with Gasteiger partial charge in [0.25, 0.3) is 0 Å². The van der Waals surface area contributed by atoms with Crippen LogP contribution >= 0.6 is 0 Å². The van der Waals surface area contributed by atoms with Crippen molar-refractivity contribution in [3.8, 4) is 56.2 Å². The van der Waals surface area contributed by atoms with Gasteiger partial charge in [0.2, 0.25) is 0 Å². The summed E-state index contributed by atoms with van der Waals surface area (Å²) in [7, 11) is 0. The summed E-state index contributed by atoms with van der Waals surface area (Å²) in [5.41, 5.74) is 15.5. The molecule has 6 heterocycles. The van der Waals surface area contributed by atoms with Crippen molar-refractivity contribution in [1.29, 1.82) is 0 Å². The molecule has 0 aliphatic heterocycles. The lowest BCUT2D eigenvalue weighted by molar-refractivity contribution is 1.36. The van der Waals surface area contributed by atoms with E-state index in [1.165, 1.54) is 0 Å². The molecule has 6 heteroatoms. The maximum Gasteiger partial charge on any atom is 0.0972 e. The Morgan fingerprint density at radius 1 is 0.233 bits per heavy atom. The summed E-state index contributed by atoms with van der Waals surface area (Å²) in [5, 5.41) is 6.48. The topological polar surface area (TPSA) is 77.3 Å². The van der Waals surface area contributed by atoms with Crippen molar-refractivity contribution < 1.29 is 0 Å². The molecule has 0 bridgehead atoms. The molecule has 0 saturated heterocycles. The third kappa shape index (κ3) is 5.89. The number of pyridine rings is 6. The van der Waals surface area contributed by atoms with Crippen molar-refractivity contribution in [3.63, 3.8) is 0 Å². The van der Waals surface area contributed by atoms with Crippen LogP contribution in [-0.2, 0) is 0 Å². The van der Waals surface area contributed by atoms with Gasteiger partial charge in [0.05, 0.1) is 55.9 Å². The molecule has 6 aromatic carbocycles. The Hall–Kier alpha value is -8.22. The van der Waals surface area contributed by atoms with E-state index in [0.717, 1.165) is 122 Å². The van der Waals surface area contributed by atoms with Crippen molar-refractivity contribution in [2.75, 3.05) is 0 Å². The average Bonchev–Trinajstić information content (AvgIpc) is 3.33. The highest BCUT2D eigenvalue weighted by Crippen LogP contribution is 2.33. The summed E-state index contributed by atoms with van der Waals surface area (Å²) in [4.78, 5) is 29.7. The molecule has 12 rings (SSSR count). The average molecular weight is 765 g/mol. The van der Waals surface area contributed by atoms with Crippen LogP contribution in [-0.4, -0.2) is 29.9 Å². The third-order valence-corrected chi connectivity index (χ3v) is 11.5. The predicted molar refractivity (Wildman–Crippen MR) is 245 cm³/mol. The van der Waals surface area contributed by atoms with Gasteiger partial charge >= 0.3 is 0 Å². The Labute approximate surface area is 344 Å². The molecule has 0 N–H and O–H groups in total. The number of aromatic nitrogens is 6. The van der Waals surface area contributed by atoms with Crippen LogP contribution in [0.25, 0.3) is 122 Å². The lowest BCUT2D eigenvalue weighted by Gasteiger charge is -2.10. The lowest BCUT2D eigenvalue weighted by atomic mass is 10.00.